The molecular formula is C20H19N3O4. The van der Waals surface area contributed by atoms with Crippen molar-refractivity contribution in [3.8, 4) is 11.6 Å². The molecule has 7 nitrogen and oxygen atoms in total. The number of hydrogen-bond acceptors (Lipinski definition) is 6. The van der Waals surface area contributed by atoms with E-state index in [0.29, 0.717) is 24.8 Å². The molecule has 0 bridgehead atoms. The summed E-state index contributed by atoms with van der Waals surface area (Å²) in [6.07, 6.45) is 4.94. The highest BCUT2D eigenvalue weighted by molar-refractivity contribution is 6.05. The van der Waals surface area contributed by atoms with Gasteiger partial charge < -0.3 is 19.9 Å². The fourth-order valence-corrected chi connectivity index (χ4v) is 3.04. The van der Waals surface area contributed by atoms with Crippen LogP contribution >= 0.6 is 0 Å². The van der Waals surface area contributed by atoms with Gasteiger partial charge in [0, 0.05) is 36.3 Å². The van der Waals surface area contributed by atoms with Crippen molar-refractivity contribution in [2.24, 2.45) is 0 Å². The third kappa shape index (κ3) is 3.83. The van der Waals surface area contributed by atoms with Gasteiger partial charge >= 0.3 is 0 Å². The number of carbonyl (C=O) groups is 1. The SMILES string of the molecule is O=C(Nc1ccc2c(OC3CCOCC3)nccc2c1)c1ncccc1O. The number of nitrogens with one attached hydrogen (secondary N) is 1. The number of amides is 1. The van der Waals surface area contributed by atoms with Gasteiger partial charge in [0.1, 0.15) is 11.9 Å². The Bertz CT molecular complexity index is 970. The summed E-state index contributed by atoms with van der Waals surface area (Å²) in [6, 6.07) is 10.3. The molecule has 3 heterocycles. The molecule has 2 N–H and O–H groups in total. The summed E-state index contributed by atoms with van der Waals surface area (Å²) < 4.78 is 11.4. The zero-order valence-corrected chi connectivity index (χ0v) is 14.6. The number of pyridine rings is 2. The van der Waals surface area contributed by atoms with Crippen LogP contribution in [0.5, 0.6) is 11.6 Å². The van der Waals surface area contributed by atoms with E-state index in [-0.39, 0.29) is 17.5 Å². The molecule has 1 fully saturated rings. The number of rotatable bonds is 4. The minimum atomic E-state index is -0.472. The van der Waals surface area contributed by atoms with Crippen molar-refractivity contribution in [2.45, 2.75) is 18.9 Å². The highest BCUT2D eigenvalue weighted by Crippen LogP contribution is 2.28. The van der Waals surface area contributed by atoms with E-state index < -0.39 is 5.91 Å². The lowest BCUT2D eigenvalue weighted by Gasteiger charge is -2.23. The molecule has 0 atom stereocenters. The molecule has 3 aromatic rings. The first-order valence-corrected chi connectivity index (χ1v) is 8.79. The van der Waals surface area contributed by atoms with Gasteiger partial charge in [-0.05, 0) is 41.8 Å². The average molecular weight is 365 g/mol. The molecule has 1 aromatic carbocycles. The Hall–Kier alpha value is -3.19. The lowest BCUT2D eigenvalue weighted by Crippen LogP contribution is -2.26. The van der Waals surface area contributed by atoms with Gasteiger partial charge in [-0.2, -0.15) is 0 Å². The number of fused-ring (bicyclic) bond motifs is 1. The number of nitrogens with zero attached hydrogens (tertiary/aromatic N) is 2. The van der Waals surface area contributed by atoms with Gasteiger partial charge in [0.05, 0.1) is 13.2 Å². The largest absolute Gasteiger partial charge is 0.505 e. The number of ether oxygens (including phenoxy) is 2. The first kappa shape index (κ1) is 17.2. The number of carbonyl (C=O) groups excluding carboxylic acids is 1. The number of hydrogen-bond donors (Lipinski definition) is 2. The summed E-state index contributed by atoms with van der Waals surface area (Å²) in [5.41, 5.74) is 0.580. The summed E-state index contributed by atoms with van der Waals surface area (Å²) in [7, 11) is 0. The third-order valence-corrected chi connectivity index (χ3v) is 4.43. The van der Waals surface area contributed by atoms with E-state index in [4.69, 9.17) is 9.47 Å². The molecule has 1 aliphatic rings. The van der Waals surface area contributed by atoms with Gasteiger partial charge in [0.25, 0.3) is 5.91 Å². The highest BCUT2D eigenvalue weighted by Gasteiger charge is 2.17. The van der Waals surface area contributed by atoms with Crippen molar-refractivity contribution < 1.29 is 19.4 Å². The van der Waals surface area contributed by atoms with E-state index >= 15 is 0 Å². The van der Waals surface area contributed by atoms with Gasteiger partial charge in [0.15, 0.2) is 5.69 Å². The van der Waals surface area contributed by atoms with Crippen LogP contribution in [0.4, 0.5) is 5.69 Å². The topological polar surface area (TPSA) is 93.6 Å². The molecule has 2 aromatic heterocycles. The van der Waals surface area contributed by atoms with E-state index in [1.54, 1.807) is 18.3 Å². The van der Waals surface area contributed by atoms with E-state index in [2.05, 4.69) is 15.3 Å². The summed E-state index contributed by atoms with van der Waals surface area (Å²) in [5.74, 6) is -0.0491. The lowest BCUT2D eigenvalue weighted by molar-refractivity contribution is 0.0244. The second kappa shape index (κ2) is 7.59. The minimum Gasteiger partial charge on any atom is -0.505 e. The third-order valence-electron chi connectivity index (χ3n) is 4.43. The quantitative estimate of drug-likeness (QED) is 0.738. The van der Waals surface area contributed by atoms with Crippen molar-refractivity contribution in [1.29, 1.82) is 0 Å². The van der Waals surface area contributed by atoms with Crippen LogP contribution in [0.15, 0.2) is 48.8 Å². The van der Waals surface area contributed by atoms with Crippen LogP contribution in [-0.2, 0) is 4.74 Å². The van der Waals surface area contributed by atoms with Gasteiger partial charge in [-0.15, -0.1) is 0 Å². The fraction of sp³-hybridized carbons (Fsp3) is 0.250. The van der Waals surface area contributed by atoms with Gasteiger partial charge in [-0.3, -0.25) is 4.79 Å². The Balaban J connectivity index is 1.56. The van der Waals surface area contributed by atoms with E-state index in [9.17, 15) is 9.90 Å². The predicted molar refractivity (Wildman–Crippen MR) is 100 cm³/mol. The predicted octanol–water partition coefficient (Wildman–Crippen LogP) is 3.15. The number of benzene rings is 1. The standard InChI is InChI=1S/C20H19N3O4/c24-17-2-1-8-21-18(17)19(25)23-14-3-4-16-13(12-14)5-9-22-20(16)27-15-6-10-26-11-7-15/h1-5,8-9,12,15,24H,6-7,10-11H2,(H,23,25). The van der Waals surface area contributed by atoms with Crippen molar-refractivity contribution in [1.82, 2.24) is 9.97 Å². The maximum Gasteiger partial charge on any atom is 0.278 e. The van der Waals surface area contributed by atoms with Crippen LogP contribution in [0, 0.1) is 0 Å². The van der Waals surface area contributed by atoms with Crippen molar-refractivity contribution in [2.75, 3.05) is 18.5 Å². The Morgan fingerprint density at radius 1 is 1.15 bits per heavy atom. The Kier molecular flexibility index (Phi) is 4.84. The molecule has 0 aliphatic carbocycles. The molecule has 1 saturated heterocycles. The molecule has 4 rings (SSSR count). The average Bonchev–Trinajstić information content (AvgIpc) is 2.69. The smallest absolute Gasteiger partial charge is 0.278 e. The van der Waals surface area contributed by atoms with E-state index in [1.807, 2.05) is 18.2 Å². The molecule has 0 unspecified atom stereocenters. The summed E-state index contributed by atoms with van der Waals surface area (Å²) in [5, 5.41) is 14.3. The summed E-state index contributed by atoms with van der Waals surface area (Å²) in [6.45, 7) is 1.40. The first-order chi connectivity index (χ1) is 13.2. The molecular weight excluding hydrogens is 346 g/mol. The second-order valence-corrected chi connectivity index (χ2v) is 6.31. The maximum atomic E-state index is 12.3. The molecule has 138 valence electrons. The summed E-state index contributed by atoms with van der Waals surface area (Å²) in [4.78, 5) is 20.6. The fourth-order valence-electron chi connectivity index (χ4n) is 3.04. The Labute approximate surface area is 156 Å². The number of aromatic nitrogens is 2. The van der Waals surface area contributed by atoms with Crippen LogP contribution in [0.1, 0.15) is 23.3 Å². The Morgan fingerprint density at radius 3 is 2.81 bits per heavy atom. The first-order valence-electron chi connectivity index (χ1n) is 8.79. The van der Waals surface area contributed by atoms with Gasteiger partial charge in [-0.25, -0.2) is 9.97 Å². The molecule has 1 aliphatic heterocycles. The number of anilines is 1. The van der Waals surface area contributed by atoms with Crippen molar-refractivity contribution >= 4 is 22.4 Å². The monoisotopic (exact) mass is 365 g/mol. The van der Waals surface area contributed by atoms with Crippen LogP contribution in [-0.4, -0.2) is 40.3 Å². The maximum absolute atomic E-state index is 12.3. The van der Waals surface area contributed by atoms with Crippen molar-refractivity contribution in [3.63, 3.8) is 0 Å². The zero-order valence-electron chi connectivity index (χ0n) is 14.6. The Morgan fingerprint density at radius 2 is 2.00 bits per heavy atom. The minimum absolute atomic E-state index is 0.0177. The molecule has 0 radical (unpaired) electrons. The summed E-state index contributed by atoms with van der Waals surface area (Å²) >= 11 is 0. The zero-order chi connectivity index (χ0) is 18.6. The van der Waals surface area contributed by atoms with Crippen molar-refractivity contribution in [3.05, 3.63) is 54.5 Å². The number of aromatic hydroxyl groups is 1. The second-order valence-electron chi connectivity index (χ2n) is 6.31. The van der Waals surface area contributed by atoms with Crippen LogP contribution in [0.25, 0.3) is 10.8 Å². The molecule has 1 amide bonds. The lowest BCUT2D eigenvalue weighted by atomic mass is 10.1. The normalized spacial score (nSPS) is 14.8. The van der Waals surface area contributed by atoms with E-state index in [0.717, 1.165) is 23.6 Å². The molecule has 27 heavy (non-hydrogen) atoms. The van der Waals surface area contributed by atoms with E-state index in [1.165, 1.54) is 12.3 Å². The molecule has 0 saturated carbocycles. The van der Waals surface area contributed by atoms with Crippen LogP contribution in [0.3, 0.4) is 0 Å². The van der Waals surface area contributed by atoms with Gasteiger partial charge in [0.2, 0.25) is 5.88 Å². The van der Waals surface area contributed by atoms with Gasteiger partial charge in [-0.1, -0.05) is 0 Å². The molecule has 0 spiro atoms. The van der Waals surface area contributed by atoms with Crippen LogP contribution in [0.2, 0.25) is 0 Å². The molecule has 7 heteroatoms. The highest BCUT2D eigenvalue weighted by atomic mass is 16.5. The van der Waals surface area contributed by atoms with Crippen LogP contribution < -0.4 is 10.1 Å².